The van der Waals surface area contributed by atoms with Crippen molar-refractivity contribution in [3.63, 3.8) is 0 Å². The maximum atomic E-state index is 13.7. The van der Waals surface area contributed by atoms with Crippen molar-refractivity contribution in [3.8, 4) is 11.5 Å². The Morgan fingerprint density at radius 3 is 2.57 bits per heavy atom. The van der Waals surface area contributed by atoms with Crippen LogP contribution in [0.15, 0.2) is 36.4 Å². The van der Waals surface area contributed by atoms with E-state index >= 15 is 0 Å². The molecule has 1 heterocycles. The number of fused-ring (bicyclic) bond motifs is 1. The van der Waals surface area contributed by atoms with Crippen LogP contribution < -0.4 is 20.1 Å². The summed E-state index contributed by atoms with van der Waals surface area (Å²) in [5.74, 6) is 1.34. The molecule has 0 unspecified atom stereocenters. The van der Waals surface area contributed by atoms with Crippen LogP contribution in [-0.2, 0) is 6.54 Å². The summed E-state index contributed by atoms with van der Waals surface area (Å²) in [7, 11) is 0. The van der Waals surface area contributed by atoms with Crippen LogP contribution in [0.4, 0.5) is 9.18 Å². The number of aryl methyl sites for hydroxylation is 1. The molecule has 5 nitrogen and oxygen atoms in total. The van der Waals surface area contributed by atoms with Gasteiger partial charge in [-0.2, -0.15) is 0 Å². The molecule has 0 fully saturated rings. The van der Waals surface area contributed by atoms with Crippen LogP contribution in [0.5, 0.6) is 11.5 Å². The molecule has 0 saturated carbocycles. The number of halogens is 1. The predicted octanol–water partition coefficient (Wildman–Crippen LogP) is 4.49. The predicted molar refractivity (Wildman–Crippen MR) is 106 cm³/mol. The van der Waals surface area contributed by atoms with Crippen molar-refractivity contribution in [1.82, 2.24) is 10.6 Å². The van der Waals surface area contributed by atoms with Gasteiger partial charge < -0.3 is 20.1 Å². The molecule has 0 saturated heterocycles. The standard InChI is InChI=1S/C22H27FN2O3/c1-14(2)21(17-7-8-19-20(12-17)28-10-4-9-27-19)25-22(26)24-13-16-6-5-15(3)18(23)11-16/h5-8,11-12,14,21H,4,9-10,13H2,1-3H3,(H2,24,25,26)/t21-/m1/s1. The number of urea groups is 1. The molecule has 2 N–H and O–H groups in total. The van der Waals surface area contributed by atoms with E-state index in [0.717, 1.165) is 23.3 Å². The lowest BCUT2D eigenvalue weighted by atomic mass is 9.96. The Morgan fingerprint density at radius 2 is 1.86 bits per heavy atom. The zero-order valence-corrected chi connectivity index (χ0v) is 16.5. The Kier molecular flexibility index (Phi) is 6.39. The molecule has 28 heavy (non-hydrogen) atoms. The molecule has 1 aliphatic rings. The number of ether oxygens (including phenoxy) is 2. The van der Waals surface area contributed by atoms with Crippen molar-refractivity contribution in [1.29, 1.82) is 0 Å². The van der Waals surface area contributed by atoms with Crippen molar-refractivity contribution in [2.24, 2.45) is 5.92 Å². The third-order valence-electron chi connectivity index (χ3n) is 4.77. The van der Waals surface area contributed by atoms with E-state index in [1.807, 2.05) is 38.1 Å². The number of nitrogens with one attached hydrogen (secondary N) is 2. The number of hydrogen-bond donors (Lipinski definition) is 2. The van der Waals surface area contributed by atoms with Gasteiger partial charge in [0.15, 0.2) is 11.5 Å². The molecule has 1 atom stereocenters. The minimum atomic E-state index is -0.299. The van der Waals surface area contributed by atoms with Crippen molar-refractivity contribution < 1.29 is 18.7 Å². The molecule has 150 valence electrons. The van der Waals surface area contributed by atoms with Crippen LogP contribution in [0.1, 0.15) is 43.0 Å². The largest absolute Gasteiger partial charge is 0.490 e. The van der Waals surface area contributed by atoms with E-state index in [2.05, 4.69) is 10.6 Å². The smallest absolute Gasteiger partial charge is 0.315 e. The average Bonchev–Trinajstić information content (AvgIpc) is 2.91. The first-order valence-electron chi connectivity index (χ1n) is 9.63. The van der Waals surface area contributed by atoms with E-state index < -0.39 is 0 Å². The van der Waals surface area contributed by atoms with Gasteiger partial charge in [0.1, 0.15) is 5.82 Å². The molecule has 1 aliphatic heterocycles. The summed E-state index contributed by atoms with van der Waals surface area (Å²) in [6.45, 7) is 7.31. The van der Waals surface area contributed by atoms with E-state index in [-0.39, 0.29) is 30.4 Å². The van der Waals surface area contributed by atoms with Crippen LogP contribution in [0, 0.1) is 18.7 Å². The fraction of sp³-hybridized carbons (Fsp3) is 0.409. The van der Waals surface area contributed by atoms with Crippen molar-refractivity contribution >= 4 is 6.03 Å². The zero-order valence-electron chi connectivity index (χ0n) is 16.5. The second-order valence-electron chi connectivity index (χ2n) is 7.39. The van der Waals surface area contributed by atoms with Gasteiger partial charge in [0.25, 0.3) is 0 Å². The summed E-state index contributed by atoms with van der Waals surface area (Å²) in [5, 5.41) is 5.81. The topological polar surface area (TPSA) is 59.6 Å². The first kappa shape index (κ1) is 20.0. The number of carbonyl (C=O) groups is 1. The van der Waals surface area contributed by atoms with E-state index in [9.17, 15) is 9.18 Å². The maximum Gasteiger partial charge on any atom is 0.315 e. The van der Waals surface area contributed by atoms with Crippen LogP contribution >= 0.6 is 0 Å². The molecular weight excluding hydrogens is 359 g/mol. The summed E-state index contributed by atoms with van der Waals surface area (Å²) in [6, 6.07) is 10.2. The number of rotatable bonds is 5. The summed E-state index contributed by atoms with van der Waals surface area (Å²) in [4.78, 5) is 12.4. The summed E-state index contributed by atoms with van der Waals surface area (Å²) < 4.78 is 25.1. The lowest BCUT2D eigenvalue weighted by molar-refractivity contribution is 0.232. The second kappa shape index (κ2) is 8.95. The Bertz CT molecular complexity index is 839. The number of carbonyl (C=O) groups excluding carboxylic acids is 1. The van der Waals surface area contributed by atoms with E-state index in [4.69, 9.17) is 9.47 Å². The Labute approximate surface area is 165 Å². The highest BCUT2D eigenvalue weighted by Gasteiger charge is 2.21. The van der Waals surface area contributed by atoms with Gasteiger partial charge in [-0.25, -0.2) is 9.18 Å². The molecule has 0 bridgehead atoms. The quantitative estimate of drug-likeness (QED) is 0.796. The first-order valence-corrected chi connectivity index (χ1v) is 9.63. The molecule has 2 aromatic rings. The lowest BCUT2D eigenvalue weighted by Crippen LogP contribution is -2.39. The SMILES string of the molecule is Cc1ccc(CNC(=O)N[C@@H](c2ccc3c(c2)OCCCO3)C(C)C)cc1F. The van der Waals surface area contributed by atoms with Gasteiger partial charge in [-0.3, -0.25) is 0 Å². The third kappa shape index (κ3) is 4.94. The minimum Gasteiger partial charge on any atom is -0.490 e. The van der Waals surface area contributed by atoms with Gasteiger partial charge in [0, 0.05) is 13.0 Å². The summed E-state index contributed by atoms with van der Waals surface area (Å²) in [5.41, 5.74) is 2.26. The Hall–Kier alpha value is -2.76. The van der Waals surface area contributed by atoms with Crippen molar-refractivity contribution in [2.75, 3.05) is 13.2 Å². The second-order valence-corrected chi connectivity index (χ2v) is 7.39. The number of amides is 2. The number of benzene rings is 2. The molecule has 2 aromatic carbocycles. The fourth-order valence-corrected chi connectivity index (χ4v) is 3.13. The van der Waals surface area contributed by atoms with E-state index in [1.165, 1.54) is 6.07 Å². The van der Waals surface area contributed by atoms with E-state index in [1.54, 1.807) is 13.0 Å². The fourth-order valence-electron chi connectivity index (χ4n) is 3.13. The molecule has 0 aromatic heterocycles. The van der Waals surface area contributed by atoms with Gasteiger partial charge >= 0.3 is 6.03 Å². The lowest BCUT2D eigenvalue weighted by Gasteiger charge is -2.24. The molecule has 3 rings (SSSR count). The van der Waals surface area contributed by atoms with Crippen LogP contribution in [0.2, 0.25) is 0 Å². The molecule has 6 heteroatoms. The molecule has 2 amide bonds. The molecule has 0 aliphatic carbocycles. The van der Waals surface area contributed by atoms with Gasteiger partial charge in [-0.05, 0) is 47.7 Å². The van der Waals surface area contributed by atoms with Gasteiger partial charge in [-0.15, -0.1) is 0 Å². The van der Waals surface area contributed by atoms with Crippen LogP contribution in [-0.4, -0.2) is 19.2 Å². The number of hydrogen-bond acceptors (Lipinski definition) is 3. The highest BCUT2D eigenvalue weighted by molar-refractivity contribution is 5.74. The molecule has 0 radical (unpaired) electrons. The Morgan fingerprint density at radius 1 is 1.11 bits per heavy atom. The highest BCUT2D eigenvalue weighted by atomic mass is 19.1. The van der Waals surface area contributed by atoms with Gasteiger partial charge in [-0.1, -0.05) is 32.0 Å². The first-order chi connectivity index (χ1) is 13.4. The van der Waals surface area contributed by atoms with Crippen LogP contribution in [0.3, 0.4) is 0 Å². The third-order valence-corrected chi connectivity index (χ3v) is 4.77. The zero-order chi connectivity index (χ0) is 20.1. The van der Waals surface area contributed by atoms with Gasteiger partial charge in [0.2, 0.25) is 0 Å². The maximum absolute atomic E-state index is 13.7. The average molecular weight is 386 g/mol. The monoisotopic (exact) mass is 386 g/mol. The Balaban J connectivity index is 1.66. The van der Waals surface area contributed by atoms with Gasteiger partial charge in [0.05, 0.1) is 19.3 Å². The normalized spacial score (nSPS) is 14.3. The minimum absolute atomic E-state index is 0.173. The summed E-state index contributed by atoms with van der Waals surface area (Å²) in [6.07, 6.45) is 0.845. The molecule has 0 spiro atoms. The summed E-state index contributed by atoms with van der Waals surface area (Å²) >= 11 is 0. The van der Waals surface area contributed by atoms with Crippen molar-refractivity contribution in [3.05, 3.63) is 58.9 Å². The van der Waals surface area contributed by atoms with E-state index in [0.29, 0.717) is 24.5 Å². The highest BCUT2D eigenvalue weighted by Crippen LogP contribution is 2.34. The van der Waals surface area contributed by atoms with Crippen LogP contribution in [0.25, 0.3) is 0 Å². The van der Waals surface area contributed by atoms with Crippen molar-refractivity contribution in [2.45, 2.75) is 39.8 Å². The molecular formula is C22H27FN2O3.